The number of carbonyl (C=O) groups is 1. The first-order valence-electron chi connectivity index (χ1n) is 4.76. The van der Waals surface area contributed by atoms with Crippen LogP contribution >= 0.6 is 11.9 Å². The molecule has 0 bridgehead atoms. The molecule has 2 atom stereocenters. The van der Waals surface area contributed by atoms with Gasteiger partial charge >= 0.3 is 0 Å². The number of hydrogen-bond donors (Lipinski definition) is 1. The van der Waals surface area contributed by atoms with E-state index in [0.29, 0.717) is 11.8 Å². The van der Waals surface area contributed by atoms with Crippen LogP contribution in [0.1, 0.15) is 32.6 Å². The topological polar surface area (TPSA) is 29.1 Å². The third-order valence-corrected chi connectivity index (χ3v) is 3.76. The zero-order valence-corrected chi connectivity index (χ0v) is 8.19. The van der Waals surface area contributed by atoms with Crippen molar-refractivity contribution in [2.24, 2.45) is 11.8 Å². The second-order valence-corrected chi connectivity index (χ2v) is 4.90. The van der Waals surface area contributed by atoms with Crippen LogP contribution in [0.5, 0.6) is 0 Å². The summed E-state index contributed by atoms with van der Waals surface area (Å²) in [5.74, 6) is 1.31. The van der Waals surface area contributed by atoms with Crippen LogP contribution in [-0.4, -0.2) is 11.2 Å². The summed E-state index contributed by atoms with van der Waals surface area (Å²) in [4.78, 5) is 11.4. The number of rotatable bonds is 4. The molecule has 0 aromatic heterocycles. The molecule has 0 aliphatic heterocycles. The van der Waals surface area contributed by atoms with E-state index in [2.05, 4.69) is 11.6 Å². The number of carbonyl (C=O) groups excluding carboxylic acids is 1. The van der Waals surface area contributed by atoms with Crippen molar-refractivity contribution in [2.45, 2.75) is 37.9 Å². The quantitative estimate of drug-likeness (QED) is 0.678. The fourth-order valence-electron chi connectivity index (χ4n) is 1.42. The van der Waals surface area contributed by atoms with Gasteiger partial charge in [0.25, 0.3) is 0 Å². The summed E-state index contributed by atoms with van der Waals surface area (Å²) >= 11 is 1.63. The Morgan fingerprint density at radius 2 is 2.33 bits per heavy atom. The fraction of sp³-hybridized carbons (Fsp3) is 0.889. The van der Waals surface area contributed by atoms with Gasteiger partial charge < -0.3 is 0 Å². The Balaban J connectivity index is 1.64. The molecular weight excluding hydrogens is 170 g/mol. The van der Waals surface area contributed by atoms with Gasteiger partial charge in [-0.1, -0.05) is 13.3 Å². The molecule has 0 saturated heterocycles. The summed E-state index contributed by atoms with van der Waals surface area (Å²) in [6, 6.07) is 0. The minimum atomic E-state index is 0.277. The highest BCUT2D eigenvalue weighted by molar-refractivity contribution is 7.98. The van der Waals surface area contributed by atoms with Crippen molar-refractivity contribution in [1.29, 1.82) is 0 Å². The van der Waals surface area contributed by atoms with E-state index in [1.54, 1.807) is 11.9 Å². The van der Waals surface area contributed by atoms with Crippen LogP contribution in [0.15, 0.2) is 0 Å². The first kappa shape index (κ1) is 8.42. The largest absolute Gasteiger partial charge is 0.300 e. The Labute approximate surface area is 77.6 Å². The molecule has 0 aromatic carbocycles. The maximum Gasteiger partial charge on any atom is 0.233 e. The molecule has 2 rings (SSSR count). The molecular formula is C9H15NOS. The molecule has 1 N–H and O–H groups in total. The van der Waals surface area contributed by atoms with Crippen molar-refractivity contribution in [1.82, 2.24) is 4.72 Å². The molecule has 0 aromatic rings. The van der Waals surface area contributed by atoms with E-state index in [-0.39, 0.29) is 5.91 Å². The van der Waals surface area contributed by atoms with E-state index >= 15 is 0 Å². The highest BCUT2D eigenvalue weighted by atomic mass is 32.2. The highest BCUT2D eigenvalue weighted by Gasteiger charge is 2.41. The van der Waals surface area contributed by atoms with E-state index < -0.39 is 0 Å². The lowest BCUT2D eigenvalue weighted by molar-refractivity contribution is -0.120. The lowest BCUT2D eigenvalue weighted by Crippen LogP contribution is -2.19. The summed E-state index contributed by atoms with van der Waals surface area (Å²) in [7, 11) is 0. The van der Waals surface area contributed by atoms with Gasteiger partial charge in [0.15, 0.2) is 0 Å². The zero-order valence-electron chi connectivity index (χ0n) is 7.38. The van der Waals surface area contributed by atoms with Crippen molar-refractivity contribution in [3.63, 3.8) is 0 Å². The molecule has 0 radical (unpaired) electrons. The van der Waals surface area contributed by atoms with Crippen LogP contribution in [0, 0.1) is 11.8 Å². The van der Waals surface area contributed by atoms with Gasteiger partial charge in [0.1, 0.15) is 0 Å². The van der Waals surface area contributed by atoms with Crippen molar-refractivity contribution < 1.29 is 4.79 Å². The Morgan fingerprint density at radius 3 is 2.83 bits per heavy atom. The van der Waals surface area contributed by atoms with E-state index in [1.165, 1.54) is 12.8 Å². The van der Waals surface area contributed by atoms with Gasteiger partial charge in [-0.25, -0.2) is 0 Å². The molecule has 68 valence electrons. The van der Waals surface area contributed by atoms with Crippen LogP contribution < -0.4 is 4.72 Å². The summed E-state index contributed by atoms with van der Waals surface area (Å²) in [6.45, 7) is 2.16. The van der Waals surface area contributed by atoms with E-state index in [0.717, 1.165) is 18.1 Å². The van der Waals surface area contributed by atoms with Crippen molar-refractivity contribution >= 4 is 17.9 Å². The van der Waals surface area contributed by atoms with Crippen LogP contribution in [0.2, 0.25) is 0 Å². The highest BCUT2D eigenvalue weighted by Crippen LogP contribution is 2.42. The minimum Gasteiger partial charge on any atom is -0.300 e. The molecule has 2 aliphatic rings. The zero-order chi connectivity index (χ0) is 8.55. The molecule has 2 fully saturated rings. The van der Waals surface area contributed by atoms with Gasteiger partial charge in [-0.05, 0) is 37.1 Å². The molecule has 2 nitrogen and oxygen atoms in total. The van der Waals surface area contributed by atoms with Gasteiger partial charge in [0.2, 0.25) is 5.91 Å². The standard InChI is InChI=1S/C9H15NOS/c1-2-6-5-8(6)9(11)10-12-7-3-4-7/h6-8H,2-5H2,1H3,(H,10,11). The van der Waals surface area contributed by atoms with Gasteiger partial charge in [-0.2, -0.15) is 0 Å². The molecule has 1 amide bonds. The lowest BCUT2D eigenvalue weighted by atomic mass is 10.2. The minimum absolute atomic E-state index is 0.277. The second kappa shape index (κ2) is 3.29. The SMILES string of the molecule is CCC1CC1C(=O)NSC1CC1. The molecule has 3 heteroatoms. The first-order chi connectivity index (χ1) is 5.81. The first-order valence-corrected chi connectivity index (χ1v) is 5.64. The third-order valence-electron chi connectivity index (χ3n) is 2.63. The van der Waals surface area contributed by atoms with Gasteiger partial charge in [0, 0.05) is 11.2 Å². The Hall–Kier alpha value is -0.180. The monoisotopic (exact) mass is 185 g/mol. The predicted octanol–water partition coefficient (Wildman–Crippen LogP) is 1.96. The molecule has 2 saturated carbocycles. The fourth-order valence-corrected chi connectivity index (χ4v) is 2.23. The molecule has 12 heavy (non-hydrogen) atoms. The van der Waals surface area contributed by atoms with Crippen molar-refractivity contribution in [3.05, 3.63) is 0 Å². The summed E-state index contributed by atoms with van der Waals surface area (Å²) < 4.78 is 2.95. The van der Waals surface area contributed by atoms with Gasteiger partial charge in [-0.15, -0.1) is 0 Å². The third kappa shape index (κ3) is 1.94. The van der Waals surface area contributed by atoms with E-state index in [9.17, 15) is 4.79 Å². The predicted molar refractivity (Wildman–Crippen MR) is 50.6 cm³/mol. The van der Waals surface area contributed by atoms with Crippen molar-refractivity contribution in [3.8, 4) is 0 Å². The summed E-state index contributed by atoms with van der Waals surface area (Å²) in [5.41, 5.74) is 0. The van der Waals surface area contributed by atoms with Crippen molar-refractivity contribution in [2.75, 3.05) is 0 Å². The van der Waals surface area contributed by atoms with Crippen LogP contribution in [0.3, 0.4) is 0 Å². The number of hydrogen-bond acceptors (Lipinski definition) is 2. The normalized spacial score (nSPS) is 33.1. The maximum atomic E-state index is 11.4. The molecule has 2 unspecified atom stereocenters. The van der Waals surface area contributed by atoms with Gasteiger partial charge in [0.05, 0.1) is 0 Å². The Bertz CT molecular complexity index is 191. The second-order valence-electron chi connectivity index (χ2n) is 3.79. The summed E-state index contributed by atoms with van der Waals surface area (Å²) in [6.07, 6.45) is 4.85. The van der Waals surface area contributed by atoms with Crippen LogP contribution in [0.4, 0.5) is 0 Å². The van der Waals surface area contributed by atoms with Gasteiger partial charge in [-0.3, -0.25) is 9.52 Å². The Kier molecular flexibility index (Phi) is 2.31. The summed E-state index contributed by atoms with van der Waals surface area (Å²) in [5, 5.41) is 0.729. The molecule has 0 heterocycles. The molecule has 0 spiro atoms. The van der Waals surface area contributed by atoms with Crippen LogP contribution in [0.25, 0.3) is 0 Å². The molecule has 2 aliphatic carbocycles. The van der Waals surface area contributed by atoms with E-state index in [1.807, 2.05) is 0 Å². The van der Waals surface area contributed by atoms with E-state index in [4.69, 9.17) is 0 Å². The average molecular weight is 185 g/mol. The smallest absolute Gasteiger partial charge is 0.233 e. The van der Waals surface area contributed by atoms with Crippen LogP contribution in [-0.2, 0) is 4.79 Å². The number of amides is 1. The number of nitrogens with one attached hydrogen (secondary N) is 1. The average Bonchev–Trinajstić information content (AvgIpc) is 2.94. The lowest BCUT2D eigenvalue weighted by Gasteiger charge is -2.00. The maximum absolute atomic E-state index is 11.4. The Morgan fingerprint density at radius 1 is 1.58 bits per heavy atom.